The number of rotatable bonds is 2. The minimum absolute atomic E-state index is 0.125. The van der Waals surface area contributed by atoms with E-state index in [1.165, 1.54) is 13.3 Å². The number of hydrogen-bond acceptors (Lipinski definition) is 4. The van der Waals surface area contributed by atoms with Crippen molar-refractivity contribution >= 4 is 16.7 Å². The van der Waals surface area contributed by atoms with Crippen LogP contribution in [0.3, 0.4) is 0 Å². The van der Waals surface area contributed by atoms with Gasteiger partial charge >= 0.3 is 5.69 Å². The quantitative estimate of drug-likeness (QED) is 0.578. The van der Waals surface area contributed by atoms with E-state index in [1.807, 2.05) is 0 Å². The fourth-order valence-corrected chi connectivity index (χ4v) is 1.32. The van der Waals surface area contributed by atoms with Crippen LogP contribution in [0.25, 0.3) is 11.0 Å². The van der Waals surface area contributed by atoms with Gasteiger partial charge in [-0.1, -0.05) is 0 Å². The number of hydrogen-bond donors (Lipinski definition) is 1. The Morgan fingerprint density at radius 2 is 2.43 bits per heavy atom. The maximum atomic E-state index is 10.6. The van der Waals surface area contributed by atoms with Gasteiger partial charge in [0.1, 0.15) is 11.8 Å². The SMILES string of the molecule is COc1c([N+](=O)[O-])cnc2[nH]ccc12. The molecule has 0 bridgehead atoms. The third-order valence-corrected chi connectivity index (χ3v) is 1.92. The van der Waals surface area contributed by atoms with Crippen LogP contribution in [0.5, 0.6) is 5.75 Å². The van der Waals surface area contributed by atoms with Gasteiger partial charge in [-0.2, -0.15) is 0 Å². The molecule has 0 amide bonds. The Labute approximate surface area is 78.7 Å². The number of aromatic nitrogens is 2. The number of nitro groups is 1. The van der Waals surface area contributed by atoms with Gasteiger partial charge < -0.3 is 9.72 Å². The smallest absolute Gasteiger partial charge is 0.329 e. The highest BCUT2D eigenvalue weighted by Crippen LogP contribution is 2.32. The highest BCUT2D eigenvalue weighted by Gasteiger charge is 2.18. The van der Waals surface area contributed by atoms with Crippen LogP contribution >= 0.6 is 0 Å². The molecule has 0 aromatic carbocycles. The topological polar surface area (TPSA) is 81.1 Å². The second-order valence-corrected chi connectivity index (χ2v) is 2.67. The fourth-order valence-electron chi connectivity index (χ4n) is 1.32. The van der Waals surface area contributed by atoms with Gasteiger partial charge in [0.05, 0.1) is 17.4 Å². The molecule has 0 atom stereocenters. The number of pyridine rings is 1. The lowest BCUT2D eigenvalue weighted by atomic mass is 10.3. The van der Waals surface area contributed by atoms with Crippen molar-refractivity contribution < 1.29 is 9.66 Å². The number of nitrogens with zero attached hydrogens (tertiary/aromatic N) is 2. The molecule has 6 heteroatoms. The zero-order valence-electron chi connectivity index (χ0n) is 7.35. The van der Waals surface area contributed by atoms with Gasteiger partial charge in [-0.25, -0.2) is 4.98 Å². The number of fused-ring (bicyclic) bond motifs is 1. The first kappa shape index (κ1) is 8.49. The van der Waals surface area contributed by atoms with Gasteiger partial charge in [-0.15, -0.1) is 0 Å². The second-order valence-electron chi connectivity index (χ2n) is 2.67. The van der Waals surface area contributed by atoms with E-state index in [0.717, 1.165) is 0 Å². The second kappa shape index (κ2) is 2.99. The van der Waals surface area contributed by atoms with Gasteiger partial charge in [0.2, 0.25) is 5.75 Å². The van der Waals surface area contributed by atoms with Crippen LogP contribution in [0.4, 0.5) is 5.69 Å². The Morgan fingerprint density at radius 3 is 3.07 bits per heavy atom. The number of ether oxygens (including phenoxy) is 1. The van der Waals surface area contributed by atoms with Crippen molar-refractivity contribution in [3.8, 4) is 5.75 Å². The molecule has 14 heavy (non-hydrogen) atoms. The summed E-state index contributed by atoms with van der Waals surface area (Å²) in [5.41, 5.74) is 0.451. The van der Waals surface area contributed by atoms with Crippen molar-refractivity contribution in [2.45, 2.75) is 0 Å². The molecule has 6 nitrogen and oxygen atoms in total. The Hall–Kier alpha value is -2.11. The van der Waals surface area contributed by atoms with E-state index in [4.69, 9.17) is 4.74 Å². The van der Waals surface area contributed by atoms with Crippen molar-refractivity contribution in [2.75, 3.05) is 7.11 Å². The summed E-state index contributed by atoms with van der Waals surface area (Å²) in [6.45, 7) is 0. The summed E-state index contributed by atoms with van der Waals surface area (Å²) in [5, 5.41) is 11.2. The normalized spacial score (nSPS) is 10.4. The van der Waals surface area contributed by atoms with E-state index in [1.54, 1.807) is 12.3 Å². The lowest BCUT2D eigenvalue weighted by Gasteiger charge is -2.01. The molecule has 2 heterocycles. The molecule has 0 spiro atoms. The summed E-state index contributed by atoms with van der Waals surface area (Å²) in [6, 6.07) is 1.69. The highest BCUT2D eigenvalue weighted by molar-refractivity contribution is 5.86. The molecule has 1 N–H and O–H groups in total. The molecule has 0 aliphatic heterocycles. The zero-order valence-corrected chi connectivity index (χ0v) is 7.35. The Bertz CT molecular complexity index is 492. The van der Waals surface area contributed by atoms with Crippen LogP contribution in [0.2, 0.25) is 0 Å². The molecule has 0 saturated heterocycles. The third-order valence-electron chi connectivity index (χ3n) is 1.92. The van der Waals surface area contributed by atoms with Crippen molar-refractivity contribution in [2.24, 2.45) is 0 Å². The number of methoxy groups -OCH3 is 1. The molecule has 2 aromatic heterocycles. The van der Waals surface area contributed by atoms with Gasteiger partial charge in [-0.3, -0.25) is 10.1 Å². The molecule has 72 valence electrons. The van der Waals surface area contributed by atoms with Crippen LogP contribution in [0.1, 0.15) is 0 Å². The largest absolute Gasteiger partial charge is 0.490 e. The van der Waals surface area contributed by atoms with Crippen molar-refractivity contribution in [1.82, 2.24) is 9.97 Å². The van der Waals surface area contributed by atoms with Gasteiger partial charge in [-0.05, 0) is 6.07 Å². The zero-order chi connectivity index (χ0) is 10.1. The standard InChI is InChI=1S/C8H7N3O3/c1-14-7-5-2-3-9-8(5)10-4-6(7)11(12)13/h2-4H,1H3,(H,9,10). The molecule has 2 aromatic rings. The molecule has 2 rings (SSSR count). The number of aromatic amines is 1. The predicted molar refractivity (Wildman–Crippen MR) is 49.3 cm³/mol. The average Bonchev–Trinajstić information content (AvgIpc) is 2.63. The fraction of sp³-hybridized carbons (Fsp3) is 0.125. The molecular formula is C8H7N3O3. The average molecular weight is 193 g/mol. The molecule has 0 aliphatic carbocycles. The first-order valence-electron chi connectivity index (χ1n) is 3.88. The number of H-pyrrole nitrogens is 1. The Kier molecular flexibility index (Phi) is 1.81. The lowest BCUT2D eigenvalue weighted by molar-refractivity contribution is -0.385. The molecule has 0 saturated carbocycles. The summed E-state index contributed by atoms with van der Waals surface area (Å²) in [4.78, 5) is 16.8. The van der Waals surface area contributed by atoms with Gasteiger partial charge in [0.25, 0.3) is 0 Å². The molecule has 0 unspecified atom stereocenters. The minimum atomic E-state index is -0.516. The maximum absolute atomic E-state index is 10.6. The van der Waals surface area contributed by atoms with E-state index in [2.05, 4.69) is 9.97 Å². The molecule has 0 fully saturated rings. The third kappa shape index (κ3) is 1.08. The van der Waals surface area contributed by atoms with Crippen molar-refractivity contribution in [1.29, 1.82) is 0 Å². The Morgan fingerprint density at radius 1 is 1.64 bits per heavy atom. The predicted octanol–water partition coefficient (Wildman–Crippen LogP) is 1.48. The van der Waals surface area contributed by atoms with Gasteiger partial charge in [0, 0.05) is 6.20 Å². The van der Waals surface area contributed by atoms with Crippen LogP contribution in [0, 0.1) is 10.1 Å². The van der Waals surface area contributed by atoms with E-state index in [-0.39, 0.29) is 11.4 Å². The lowest BCUT2D eigenvalue weighted by Crippen LogP contribution is -1.95. The van der Waals surface area contributed by atoms with Crippen molar-refractivity contribution in [3.05, 3.63) is 28.6 Å². The monoisotopic (exact) mass is 193 g/mol. The summed E-state index contributed by atoms with van der Waals surface area (Å²) >= 11 is 0. The highest BCUT2D eigenvalue weighted by atomic mass is 16.6. The summed E-state index contributed by atoms with van der Waals surface area (Å²) in [6.07, 6.45) is 2.83. The molecular weight excluding hydrogens is 186 g/mol. The van der Waals surface area contributed by atoms with Crippen LogP contribution in [-0.2, 0) is 0 Å². The first-order valence-corrected chi connectivity index (χ1v) is 3.88. The van der Waals surface area contributed by atoms with E-state index >= 15 is 0 Å². The summed E-state index contributed by atoms with van der Waals surface area (Å²) < 4.78 is 4.98. The summed E-state index contributed by atoms with van der Waals surface area (Å²) in [5.74, 6) is 0.237. The molecule has 0 aliphatic rings. The minimum Gasteiger partial charge on any atom is -0.490 e. The van der Waals surface area contributed by atoms with Crippen LogP contribution in [0.15, 0.2) is 18.5 Å². The Balaban J connectivity index is 2.78. The first-order chi connectivity index (χ1) is 6.74. The summed E-state index contributed by atoms with van der Waals surface area (Å²) in [7, 11) is 1.40. The van der Waals surface area contributed by atoms with E-state index in [0.29, 0.717) is 11.0 Å². The number of nitrogens with one attached hydrogen (secondary N) is 1. The van der Waals surface area contributed by atoms with E-state index in [9.17, 15) is 10.1 Å². The van der Waals surface area contributed by atoms with Crippen molar-refractivity contribution in [3.63, 3.8) is 0 Å². The maximum Gasteiger partial charge on any atom is 0.329 e. The van der Waals surface area contributed by atoms with E-state index < -0.39 is 4.92 Å². The van der Waals surface area contributed by atoms with Gasteiger partial charge in [0.15, 0.2) is 0 Å². The molecule has 0 radical (unpaired) electrons. The van der Waals surface area contributed by atoms with Crippen LogP contribution < -0.4 is 4.74 Å². The van der Waals surface area contributed by atoms with Crippen LogP contribution in [-0.4, -0.2) is 22.0 Å².